The molecule has 1 aromatic heterocycles. The number of aryl methyl sites for hydroxylation is 1. The topological polar surface area (TPSA) is 72.5 Å². The summed E-state index contributed by atoms with van der Waals surface area (Å²) in [6, 6.07) is 10.8. The highest BCUT2D eigenvalue weighted by Gasteiger charge is 2.27. The molecule has 1 unspecified atom stereocenters. The third kappa shape index (κ3) is 4.36. The lowest BCUT2D eigenvalue weighted by atomic mass is 9.85. The number of benzene rings is 1. The number of ether oxygens (including phenoxy) is 1. The molecule has 3 N–H and O–H groups in total. The molecule has 4 rings (SSSR count). The van der Waals surface area contributed by atoms with Crippen LogP contribution in [0.25, 0.3) is 0 Å². The number of nitrogens with zero attached hydrogens (tertiary/aromatic N) is 2. The van der Waals surface area contributed by atoms with E-state index in [1.807, 2.05) is 12.3 Å². The van der Waals surface area contributed by atoms with Gasteiger partial charge in [0.05, 0.1) is 19.0 Å². The minimum Gasteiger partial charge on any atom is -0.493 e. The first-order valence-corrected chi connectivity index (χ1v) is 10.5. The first kappa shape index (κ1) is 18.9. The second kappa shape index (κ2) is 9.20. The Morgan fingerprint density at radius 2 is 2.14 bits per heavy atom. The average Bonchev–Trinajstić information content (AvgIpc) is 3.41. The summed E-state index contributed by atoms with van der Waals surface area (Å²) >= 11 is 0. The molecule has 0 amide bonds. The molecule has 2 aliphatic rings. The highest BCUT2D eigenvalue weighted by Crippen LogP contribution is 2.38. The van der Waals surface area contributed by atoms with Crippen molar-refractivity contribution in [1.29, 1.82) is 0 Å². The maximum absolute atomic E-state index is 5.98. The van der Waals surface area contributed by atoms with Gasteiger partial charge in [0.1, 0.15) is 5.75 Å². The van der Waals surface area contributed by atoms with Gasteiger partial charge in [0, 0.05) is 42.8 Å². The third-order valence-corrected chi connectivity index (χ3v) is 5.64. The van der Waals surface area contributed by atoms with Crippen LogP contribution in [-0.4, -0.2) is 37.1 Å². The summed E-state index contributed by atoms with van der Waals surface area (Å²) in [5, 5.41) is 3.44. The molecule has 5 heteroatoms. The van der Waals surface area contributed by atoms with Gasteiger partial charge in [-0.25, -0.2) is 0 Å². The van der Waals surface area contributed by atoms with Gasteiger partial charge >= 0.3 is 0 Å². The lowest BCUT2D eigenvalue weighted by molar-refractivity contribution is 0.356. The normalized spacial score (nSPS) is 16.2. The summed E-state index contributed by atoms with van der Waals surface area (Å²) in [5.41, 5.74) is 10.8. The average molecular weight is 379 g/mol. The van der Waals surface area contributed by atoms with Crippen LogP contribution in [0.3, 0.4) is 0 Å². The molecule has 0 aliphatic carbocycles. The highest BCUT2D eigenvalue weighted by atomic mass is 16.5. The number of hydrogen-bond acceptors (Lipinski definition) is 5. The van der Waals surface area contributed by atoms with Crippen molar-refractivity contribution in [2.24, 2.45) is 10.7 Å². The van der Waals surface area contributed by atoms with Crippen molar-refractivity contribution in [3.05, 3.63) is 58.9 Å². The Labute approximate surface area is 167 Å². The first-order valence-electron chi connectivity index (χ1n) is 10.5. The van der Waals surface area contributed by atoms with Crippen LogP contribution < -0.4 is 15.8 Å². The summed E-state index contributed by atoms with van der Waals surface area (Å²) in [6.07, 6.45) is 8.22. The van der Waals surface area contributed by atoms with Gasteiger partial charge in [-0.3, -0.25) is 9.98 Å². The van der Waals surface area contributed by atoms with Crippen LogP contribution in [0.5, 0.6) is 5.75 Å². The van der Waals surface area contributed by atoms with Crippen LogP contribution in [-0.2, 0) is 12.8 Å². The van der Waals surface area contributed by atoms with Crippen LogP contribution in [0, 0.1) is 0 Å². The van der Waals surface area contributed by atoms with Crippen molar-refractivity contribution in [2.75, 3.05) is 26.2 Å². The van der Waals surface area contributed by atoms with Crippen LogP contribution in [0.1, 0.15) is 54.0 Å². The van der Waals surface area contributed by atoms with Gasteiger partial charge in [0.2, 0.25) is 0 Å². The maximum Gasteiger partial charge on any atom is 0.123 e. The van der Waals surface area contributed by atoms with Gasteiger partial charge < -0.3 is 15.8 Å². The van der Waals surface area contributed by atoms with Gasteiger partial charge in [-0.05, 0) is 55.1 Å². The summed E-state index contributed by atoms with van der Waals surface area (Å²) in [5.74, 6) is 2.36. The number of hydrogen-bond donors (Lipinski definition) is 2. The number of nitrogens with one attached hydrogen (secondary N) is 1. The Bertz CT molecular complexity index is 819. The van der Waals surface area contributed by atoms with Crippen molar-refractivity contribution in [2.45, 2.75) is 44.4 Å². The number of aliphatic imine (C=N–C) groups is 1. The van der Waals surface area contributed by atoms with Gasteiger partial charge in [-0.2, -0.15) is 0 Å². The van der Waals surface area contributed by atoms with Crippen LogP contribution in [0.2, 0.25) is 0 Å². The minimum atomic E-state index is 0.199. The van der Waals surface area contributed by atoms with E-state index in [9.17, 15) is 0 Å². The number of aromatic nitrogens is 1. The lowest BCUT2D eigenvalue weighted by Gasteiger charge is -2.21. The summed E-state index contributed by atoms with van der Waals surface area (Å²) in [7, 11) is 0. The molecule has 3 heterocycles. The second-order valence-corrected chi connectivity index (χ2v) is 7.63. The Hall–Kier alpha value is -2.40. The van der Waals surface area contributed by atoms with Crippen molar-refractivity contribution in [1.82, 2.24) is 10.3 Å². The second-order valence-electron chi connectivity index (χ2n) is 7.63. The number of nitrogens with two attached hydrogens (primary N) is 1. The molecular weight excluding hydrogens is 348 g/mol. The van der Waals surface area contributed by atoms with Crippen molar-refractivity contribution < 1.29 is 4.74 Å². The maximum atomic E-state index is 5.98. The van der Waals surface area contributed by atoms with Gasteiger partial charge in [-0.15, -0.1) is 0 Å². The molecule has 0 saturated carbocycles. The van der Waals surface area contributed by atoms with Crippen molar-refractivity contribution in [3.63, 3.8) is 0 Å². The van der Waals surface area contributed by atoms with Gasteiger partial charge in [0.15, 0.2) is 0 Å². The zero-order chi connectivity index (χ0) is 19.2. The van der Waals surface area contributed by atoms with Crippen molar-refractivity contribution in [3.8, 4) is 5.75 Å². The number of unbranched alkanes of at least 4 members (excludes halogenated alkanes) is 2. The Morgan fingerprint density at radius 1 is 1.18 bits per heavy atom. The van der Waals surface area contributed by atoms with E-state index in [4.69, 9.17) is 15.5 Å². The van der Waals surface area contributed by atoms with E-state index >= 15 is 0 Å². The number of fused-ring (bicyclic) bond motifs is 1. The van der Waals surface area contributed by atoms with Gasteiger partial charge in [0.25, 0.3) is 0 Å². The Morgan fingerprint density at radius 3 is 2.93 bits per heavy atom. The number of pyridine rings is 1. The fraction of sp³-hybridized carbons (Fsp3) is 0.478. The first-order chi connectivity index (χ1) is 13.8. The number of amidine groups is 1. The molecule has 0 fully saturated rings. The largest absolute Gasteiger partial charge is 0.493 e. The molecule has 2 aromatic rings. The molecule has 5 nitrogen and oxygen atoms in total. The fourth-order valence-electron chi connectivity index (χ4n) is 4.22. The van der Waals surface area contributed by atoms with Crippen LogP contribution >= 0.6 is 0 Å². The molecule has 0 saturated heterocycles. The quantitative estimate of drug-likeness (QED) is 0.657. The summed E-state index contributed by atoms with van der Waals surface area (Å²) < 4.78 is 5.98. The predicted octanol–water partition coefficient (Wildman–Crippen LogP) is 3.21. The Kier molecular flexibility index (Phi) is 6.22. The molecule has 1 aromatic carbocycles. The molecule has 28 heavy (non-hydrogen) atoms. The van der Waals surface area contributed by atoms with Gasteiger partial charge in [-0.1, -0.05) is 18.6 Å². The molecule has 0 radical (unpaired) electrons. The van der Waals surface area contributed by atoms with Crippen molar-refractivity contribution >= 4 is 5.84 Å². The van der Waals surface area contributed by atoms with E-state index in [0.29, 0.717) is 0 Å². The standard InChI is InChI=1S/C23H30N4O/c24-9-4-1-2-6-17-14-19(18-8-13-28-22(18)15-17)20(16-23-26-11-12-27-23)21-7-3-5-10-25-21/h3,5,7,10,14-15,20H,1-2,4,6,8-9,11-13,16,24H2,(H,26,27). The number of rotatable bonds is 9. The fourth-order valence-corrected chi connectivity index (χ4v) is 4.22. The van der Waals surface area contributed by atoms with E-state index in [1.54, 1.807) is 0 Å². The van der Waals surface area contributed by atoms with E-state index in [1.165, 1.54) is 23.1 Å². The Balaban J connectivity index is 1.67. The van der Waals surface area contributed by atoms with Crippen LogP contribution in [0.15, 0.2) is 41.5 Å². The molecule has 2 aliphatic heterocycles. The monoisotopic (exact) mass is 378 g/mol. The van der Waals surface area contributed by atoms with E-state index < -0.39 is 0 Å². The molecular formula is C23H30N4O. The SMILES string of the molecule is NCCCCCc1cc2c(c(C(CC3=NCCN3)c3ccccn3)c1)CCO2. The summed E-state index contributed by atoms with van der Waals surface area (Å²) in [6.45, 7) is 3.35. The lowest BCUT2D eigenvalue weighted by Crippen LogP contribution is -2.22. The molecule has 0 bridgehead atoms. The van der Waals surface area contributed by atoms with E-state index in [2.05, 4.69) is 34.6 Å². The molecule has 1 atom stereocenters. The molecule has 148 valence electrons. The smallest absolute Gasteiger partial charge is 0.123 e. The highest BCUT2D eigenvalue weighted by molar-refractivity contribution is 5.84. The zero-order valence-corrected chi connectivity index (χ0v) is 16.5. The van der Waals surface area contributed by atoms with E-state index in [0.717, 1.165) is 75.6 Å². The van der Waals surface area contributed by atoms with Crippen LogP contribution in [0.4, 0.5) is 0 Å². The third-order valence-electron chi connectivity index (χ3n) is 5.64. The molecule has 0 spiro atoms. The summed E-state index contributed by atoms with van der Waals surface area (Å²) in [4.78, 5) is 9.35. The zero-order valence-electron chi connectivity index (χ0n) is 16.5. The van der Waals surface area contributed by atoms with E-state index in [-0.39, 0.29) is 5.92 Å². The predicted molar refractivity (Wildman–Crippen MR) is 113 cm³/mol. The minimum absolute atomic E-state index is 0.199.